The molecule has 4 heteroatoms. The molecule has 0 saturated carbocycles. The van der Waals surface area contributed by atoms with E-state index in [1.54, 1.807) is 7.11 Å². The molecular weight excluding hydrogens is 372 g/mol. The lowest BCUT2D eigenvalue weighted by Gasteiger charge is -2.21. The Balaban J connectivity index is 1.78. The monoisotopic (exact) mass is 400 g/mol. The molecule has 1 N–H and O–H groups in total. The van der Waals surface area contributed by atoms with Crippen LogP contribution in [-0.4, -0.2) is 26.0 Å². The second-order valence-corrected chi connectivity index (χ2v) is 7.86. The highest BCUT2D eigenvalue weighted by atomic mass is 16.5. The number of methoxy groups -OCH3 is 1. The number of benzene rings is 2. The third kappa shape index (κ3) is 3.78. The maximum absolute atomic E-state index is 5.94. The fourth-order valence-corrected chi connectivity index (χ4v) is 3.88. The lowest BCUT2D eigenvalue weighted by Crippen LogP contribution is -2.39. The Labute approximate surface area is 177 Å². The molecule has 0 fully saturated rings. The fraction of sp³-hybridized carbons (Fsp3) is 0.269. The molecule has 0 aliphatic carbocycles. The molecule has 2 heterocycles. The summed E-state index contributed by atoms with van der Waals surface area (Å²) in [5, 5.41) is 6.02. The van der Waals surface area contributed by atoms with Crippen LogP contribution < -0.4 is 15.8 Å². The summed E-state index contributed by atoms with van der Waals surface area (Å²) < 4.78 is 11.2. The lowest BCUT2D eigenvalue weighted by molar-refractivity contribution is 0.195. The van der Waals surface area contributed by atoms with Gasteiger partial charge in [-0.25, -0.2) is 0 Å². The minimum atomic E-state index is -0.0683. The van der Waals surface area contributed by atoms with Crippen LogP contribution in [0, 0.1) is 6.92 Å². The van der Waals surface area contributed by atoms with Gasteiger partial charge in [-0.05, 0) is 51.0 Å². The van der Waals surface area contributed by atoms with Crippen molar-refractivity contribution in [2.24, 2.45) is 4.99 Å². The Morgan fingerprint density at radius 3 is 2.77 bits per heavy atom. The maximum atomic E-state index is 5.94. The van der Waals surface area contributed by atoms with Crippen LogP contribution in [0.3, 0.4) is 0 Å². The summed E-state index contributed by atoms with van der Waals surface area (Å²) >= 11 is 0. The van der Waals surface area contributed by atoms with Crippen LogP contribution in [0.5, 0.6) is 0 Å². The zero-order valence-corrected chi connectivity index (χ0v) is 18.2. The summed E-state index contributed by atoms with van der Waals surface area (Å²) in [6.07, 6.45) is 7.88. The van der Waals surface area contributed by atoms with Crippen molar-refractivity contribution in [3.8, 4) is 0 Å². The summed E-state index contributed by atoms with van der Waals surface area (Å²) in [6, 6.07) is 10.9. The standard InChI is InChI=1S/C26H28N2O2/c1-16-6-8-21(17(2)15-30-19(4)13-18(3)29-5)24(12-16)26-22-9-7-20-14-28-25(20)23(22)10-11-27-26/h6-10,12-15,19,27H,11H2,1-5H3/b17-15-,18-13-. The summed E-state index contributed by atoms with van der Waals surface area (Å²) in [6.45, 7) is 8.93. The van der Waals surface area contributed by atoms with E-state index in [4.69, 9.17) is 9.47 Å². The zero-order chi connectivity index (χ0) is 21.3. The molecule has 154 valence electrons. The molecule has 0 spiro atoms. The molecule has 4 nitrogen and oxygen atoms in total. The molecule has 1 unspecified atom stereocenters. The third-order valence-corrected chi connectivity index (χ3v) is 5.56. The topological polar surface area (TPSA) is 42.9 Å². The first-order valence-electron chi connectivity index (χ1n) is 10.3. The second-order valence-electron chi connectivity index (χ2n) is 7.86. The van der Waals surface area contributed by atoms with Gasteiger partial charge < -0.3 is 14.8 Å². The van der Waals surface area contributed by atoms with Crippen molar-refractivity contribution in [2.75, 3.05) is 13.7 Å². The van der Waals surface area contributed by atoms with E-state index in [0.717, 1.165) is 34.8 Å². The molecule has 2 aromatic carbocycles. The van der Waals surface area contributed by atoms with Crippen LogP contribution in [0.1, 0.15) is 43.0 Å². The first kappa shape index (κ1) is 20.0. The predicted octanol–water partition coefficient (Wildman–Crippen LogP) is 3.92. The van der Waals surface area contributed by atoms with Gasteiger partial charge in [-0.1, -0.05) is 35.9 Å². The van der Waals surface area contributed by atoms with Gasteiger partial charge in [-0.15, -0.1) is 0 Å². The van der Waals surface area contributed by atoms with E-state index >= 15 is 0 Å². The van der Waals surface area contributed by atoms with Crippen molar-refractivity contribution >= 4 is 29.2 Å². The van der Waals surface area contributed by atoms with Crippen LogP contribution in [0.25, 0.3) is 17.3 Å². The Bertz CT molecular complexity index is 1200. The first-order chi connectivity index (χ1) is 14.5. The molecular formula is C26H28N2O2. The predicted molar refractivity (Wildman–Crippen MR) is 124 cm³/mol. The number of aryl methyl sites for hydroxylation is 1. The molecule has 0 bridgehead atoms. The molecule has 30 heavy (non-hydrogen) atoms. The van der Waals surface area contributed by atoms with Crippen molar-refractivity contribution < 1.29 is 9.47 Å². The third-order valence-electron chi connectivity index (χ3n) is 5.56. The maximum Gasteiger partial charge on any atom is 0.117 e. The van der Waals surface area contributed by atoms with Crippen molar-refractivity contribution in [3.05, 3.63) is 81.1 Å². The minimum absolute atomic E-state index is 0.0683. The number of hydrogen-bond donors (Lipinski definition) is 1. The number of allylic oxidation sites excluding steroid dienone is 2. The molecule has 0 amide bonds. The summed E-state index contributed by atoms with van der Waals surface area (Å²) in [4.78, 5) is 4.48. The SMILES string of the molecule is CO/C(C)=C\C(C)O/C=C(/C)c1ccc(C)cc1C1=c2ccc3c(c2=CCN1)N=C3. The van der Waals surface area contributed by atoms with E-state index in [1.807, 2.05) is 32.4 Å². The lowest BCUT2D eigenvalue weighted by atomic mass is 9.93. The summed E-state index contributed by atoms with van der Waals surface area (Å²) in [5.41, 5.74) is 8.10. The Kier molecular flexibility index (Phi) is 5.49. The highest BCUT2D eigenvalue weighted by molar-refractivity contribution is 5.97. The normalized spacial score (nSPS) is 16.0. The van der Waals surface area contributed by atoms with Gasteiger partial charge in [-0.3, -0.25) is 4.99 Å². The molecule has 0 radical (unpaired) electrons. The van der Waals surface area contributed by atoms with Gasteiger partial charge in [0.1, 0.15) is 6.10 Å². The zero-order valence-electron chi connectivity index (χ0n) is 18.2. The second kappa shape index (κ2) is 8.23. The van der Waals surface area contributed by atoms with Crippen molar-refractivity contribution in [2.45, 2.75) is 33.8 Å². The van der Waals surface area contributed by atoms with Crippen LogP contribution >= 0.6 is 0 Å². The number of nitrogens with zero attached hydrogens (tertiary/aromatic N) is 1. The van der Waals surface area contributed by atoms with Gasteiger partial charge in [0.05, 0.1) is 30.5 Å². The van der Waals surface area contributed by atoms with E-state index in [9.17, 15) is 0 Å². The number of ether oxygens (including phenoxy) is 2. The molecule has 4 rings (SSSR count). The Hall–Kier alpha value is -3.27. The van der Waals surface area contributed by atoms with E-state index in [1.165, 1.54) is 27.1 Å². The van der Waals surface area contributed by atoms with E-state index in [0.29, 0.717) is 0 Å². The molecule has 2 aliphatic rings. The molecule has 1 atom stereocenters. The Morgan fingerprint density at radius 2 is 2.03 bits per heavy atom. The van der Waals surface area contributed by atoms with Crippen LogP contribution in [0.15, 0.2) is 53.4 Å². The molecule has 2 aliphatic heterocycles. The van der Waals surface area contributed by atoms with Crippen LogP contribution in [-0.2, 0) is 9.47 Å². The first-order valence-corrected chi connectivity index (χ1v) is 10.3. The number of hydrogen-bond acceptors (Lipinski definition) is 4. The van der Waals surface area contributed by atoms with Gasteiger partial charge >= 0.3 is 0 Å². The Morgan fingerprint density at radius 1 is 1.20 bits per heavy atom. The average Bonchev–Trinajstić information content (AvgIpc) is 2.71. The number of aliphatic imine (C=N–C) groups is 1. The minimum Gasteiger partial charge on any atom is -0.502 e. The summed E-state index contributed by atoms with van der Waals surface area (Å²) in [5.74, 6) is 0.846. The van der Waals surface area contributed by atoms with E-state index < -0.39 is 0 Å². The average molecular weight is 401 g/mol. The van der Waals surface area contributed by atoms with Gasteiger partial charge in [0.15, 0.2) is 0 Å². The number of fused-ring (bicyclic) bond motifs is 3. The van der Waals surface area contributed by atoms with E-state index in [-0.39, 0.29) is 6.10 Å². The quantitative estimate of drug-likeness (QED) is 0.638. The smallest absolute Gasteiger partial charge is 0.117 e. The van der Waals surface area contributed by atoms with Gasteiger partial charge in [0.25, 0.3) is 0 Å². The van der Waals surface area contributed by atoms with Crippen LogP contribution in [0.4, 0.5) is 5.69 Å². The number of rotatable bonds is 6. The highest BCUT2D eigenvalue weighted by Gasteiger charge is 2.17. The summed E-state index contributed by atoms with van der Waals surface area (Å²) in [7, 11) is 1.67. The van der Waals surface area contributed by atoms with Gasteiger partial charge in [-0.2, -0.15) is 0 Å². The van der Waals surface area contributed by atoms with Crippen LogP contribution in [0.2, 0.25) is 0 Å². The van der Waals surface area contributed by atoms with Crippen molar-refractivity contribution in [1.82, 2.24) is 5.32 Å². The largest absolute Gasteiger partial charge is 0.502 e. The molecule has 2 aromatic rings. The molecule has 0 saturated heterocycles. The van der Waals surface area contributed by atoms with Gasteiger partial charge in [0.2, 0.25) is 0 Å². The fourth-order valence-electron chi connectivity index (χ4n) is 3.88. The van der Waals surface area contributed by atoms with Crippen molar-refractivity contribution in [1.29, 1.82) is 0 Å². The molecule has 0 aromatic heterocycles. The highest BCUT2D eigenvalue weighted by Crippen LogP contribution is 2.26. The van der Waals surface area contributed by atoms with E-state index in [2.05, 4.69) is 60.6 Å². The number of nitrogens with one attached hydrogen (secondary N) is 1. The van der Waals surface area contributed by atoms with Gasteiger partial charge in [0, 0.05) is 34.3 Å². The van der Waals surface area contributed by atoms with Crippen molar-refractivity contribution in [3.63, 3.8) is 0 Å².